The summed E-state index contributed by atoms with van der Waals surface area (Å²) in [7, 11) is -3.67. The van der Waals surface area contributed by atoms with Crippen LogP contribution in [-0.4, -0.2) is 20.1 Å². The summed E-state index contributed by atoms with van der Waals surface area (Å²) in [6.07, 6.45) is 1.000. The predicted molar refractivity (Wildman–Crippen MR) is 74.1 cm³/mol. The lowest BCUT2D eigenvalue weighted by molar-refractivity contribution is 0.275. The summed E-state index contributed by atoms with van der Waals surface area (Å²) in [6, 6.07) is 2.47. The lowest BCUT2D eigenvalue weighted by Gasteiger charge is -2.11. The molecule has 0 bridgehead atoms. The van der Waals surface area contributed by atoms with Gasteiger partial charge in [0.2, 0.25) is 10.0 Å². The molecule has 2 N–H and O–H groups in total. The third kappa shape index (κ3) is 3.02. The van der Waals surface area contributed by atoms with Gasteiger partial charge in [-0.15, -0.1) is 0 Å². The minimum Gasteiger partial charge on any atom is -0.392 e. The predicted octanol–water partition coefficient (Wildman–Crippen LogP) is 1.95. The number of rotatable bonds is 5. The van der Waals surface area contributed by atoms with Crippen LogP contribution in [0.2, 0.25) is 0 Å². The lowest BCUT2D eigenvalue weighted by atomic mass is 10.1. The van der Waals surface area contributed by atoms with E-state index in [1.54, 1.807) is 0 Å². The smallest absolute Gasteiger partial charge is 0.240 e. The van der Waals surface area contributed by atoms with E-state index in [-0.39, 0.29) is 21.4 Å². The average molecular weight is 301 g/mol. The molecule has 1 aromatic carbocycles. The fourth-order valence-corrected chi connectivity index (χ4v) is 3.51. The van der Waals surface area contributed by atoms with Crippen molar-refractivity contribution in [2.24, 2.45) is 11.3 Å². The molecule has 2 rings (SSSR count). The number of nitrogens with one attached hydrogen (secondary N) is 1. The van der Waals surface area contributed by atoms with Crippen LogP contribution in [0.4, 0.5) is 4.39 Å². The van der Waals surface area contributed by atoms with E-state index in [4.69, 9.17) is 5.11 Å². The Labute approximate surface area is 119 Å². The van der Waals surface area contributed by atoms with Crippen LogP contribution >= 0.6 is 0 Å². The molecule has 6 heteroatoms. The first-order valence-corrected chi connectivity index (χ1v) is 8.05. The Morgan fingerprint density at radius 2 is 2.05 bits per heavy atom. The Balaban J connectivity index is 2.19. The van der Waals surface area contributed by atoms with Crippen LogP contribution in [0.25, 0.3) is 0 Å². The number of aliphatic hydroxyl groups is 1. The standard InChI is InChI=1S/C14H20FNO3S/c1-9-4-12(5-10(8-17)13(9)15)20(18,19)16-7-11-6-14(11,2)3/h4-5,11,16-17H,6-8H2,1-3H3. The second-order valence-electron chi connectivity index (χ2n) is 6.11. The maximum absolute atomic E-state index is 13.6. The molecule has 1 unspecified atom stereocenters. The van der Waals surface area contributed by atoms with Gasteiger partial charge in [-0.3, -0.25) is 0 Å². The average Bonchev–Trinajstić information content (AvgIpc) is 2.98. The molecule has 0 aliphatic heterocycles. The van der Waals surface area contributed by atoms with Crippen molar-refractivity contribution in [3.63, 3.8) is 0 Å². The van der Waals surface area contributed by atoms with Crippen molar-refractivity contribution in [2.45, 2.75) is 38.7 Å². The number of aryl methyl sites for hydroxylation is 1. The summed E-state index contributed by atoms with van der Waals surface area (Å²) in [6.45, 7) is 5.54. The number of hydrogen-bond acceptors (Lipinski definition) is 3. The van der Waals surface area contributed by atoms with E-state index >= 15 is 0 Å². The number of hydrogen-bond donors (Lipinski definition) is 2. The summed E-state index contributed by atoms with van der Waals surface area (Å²) in [5, 5.41) is 9.07. The highest BCUT2D eigenvalue weighted by Crippen LogP contribution is 2.51. The fourth-order valence-electron chi connectivity index (χ4n) is 2.30. The summed E-state index contributed by atoms with van der Waals surface area (Å²) in [5.41, 5.74) is 0.401. The summed E-state index contributed by atoms with van der Waals surface area (Å²) in [4.78, 5) is -0.00101. The van der Waals surface area contributed by atoms with E-state index in [2.05, 4.69) is 18.6 Å². The van der Waals surface area contributed by atoms with Crippen LogP contribution in [0, 0.1) is 24.1 Å². The Morgan fingerprint density at radius 3 is 2.55 bits per heavy atom. The Kier molecular flexibility index (Phi) is 3.92. The molecule has 0 amide bonds. The van der Waals surface area contributed by atoms with Crippen molar-refractivity contribution in [1.82, 2.24) is 4.72 Å². The number of aliphatic hydroxyl groups excluding tert-OH is 1. The summed E-state index contributed by atoms with van der Waals surface area (Å²) in [5.74, 6) is -0.217. The molecule has 1 fully saturated rings. The second-order valence-corrected chi connectivity index (χ2v) is 7.88. The van der Waals surface area contributed by atoms with Gasteiger partial charge in [0.25, 0.3) is 0 Å². The van der Waals surface area contributed by atoms with Gasteiger partial charge in [0.15, 0.2) is 0 Å². The van der Waals surface area contributed by atoms with Gasteiger partial charge in [0.1, 0.15) is 5.82 Å². The molecule has 0 aromatic heterocycles. The molecular formula is C14H20FNO3S. The molecule has 1 aromatic rings. The molecule has 1 aliphatic rings. The highest BCUT2D eigenvalue weighted by Gasteiger charge is 2.45. The first kappa shape index (κ1) is 15.4. The van der Waals surface area contributed by atoms with E-state index in [0.717, 1.165) is 6.42 Å². The Morgan fingerprint density at radius 1 is 1.45 bits per heavy atom. The number of sulfonamides is 1. The second kappa shape index (κ2) is 5.09. The zero-order valence-corrected chi connectivity index (χ0v) is 12.7. The van der Waals surface area contributed by atoms with Crippen molar-refractivity contribution < 1.29 is 17.9 Å². The summed E-state index contributed by atoms with van der Waals surface area (Å²) < 4.78 is 40.6. The lowest BCUT2D eigenvalue weighted by Crippen LogP contribution is -2.27. The zero-order valence-electron chi connectivity index (χ0n) is 11.9. The summed E-state index contributed by atoms with van der Waals surface area (Å²) >= 11 is 0. The van der Waals surface area contributed by atoms with Gasteiger partial charge in [-0.25, -0.2) is 17.5 Å². The molecular weight excluding hydrogens is 281 g/mol. The van der Waals surface area contributed by atoms with Crippen molar-refractivity contribution >= 4 is 10.0 Å². The van der Waals surface area contributed by atoms with Crippen LogP contribution in [0.1, 0.15) is 31.4 Å². The quantitative estimate of drug-likeness (QED) is 0.873. The van der Waals surface area contributed by atoms with Crippen LogP contribution in [0.3, 0.4) is 0 Å². The van der Waals surface area contributed by atoms with Crippen molar-refractivity contribution in [3.05, 3.63) is 29.1 Å². The largest absolute Gasteiger partial charge is 0.392 e. The molecule has 4 nitrogen and oxygen atoms in total. The number of halogens is 1. The van der Waals surface area contributed by atoms with E-state index in [1.807, 2.05) is 0 Å². The fraction of sp³-hybridized carbons (Fsp3) is 0.571. The zero-order chi connectivity index (χ0) is 15.1. The molecule has 0 radical (unpaired) electrons. The van der Waals surface area contributed by atoms with Crippen LogP contribution in [0.15, 0.2) is 17.0 Å². The highest BCUT2D eigenvalue weighted by molar-refractivity contribution is 7.89. The number of benzene rings is 1. The molecule has 1 aliphatic carbocycles. The molecule has 1 atom stereocenters. The minimum atomic E-state index is -3.67. The topological polar surface area (TPSA) is 66.4 Å². The van der Waals surface area contributed by atoms with Gasteiger partial charge in [-0.05, 0) is 42.4 Å². The molecule has 0 spiro atoms. The van der Waals surface area contributed by atoms with Crippen LogP contribution in [0.5, 0.6) is 0 Å². The van der Waals surface area contributed by atoms with Gasteiger partial charge < -0.3 is 5.11 Å². The van der Waals surface area contributed by atoms with Gasteiger partial charge in [-0.2, -0.15) is 0 Å². The third-order valence-corrected chi connectivity index (χ3v) is 5.42. The van der Waals surface area contributed by atoms with Crippen molar-refractivity contribution in [1.29, 1.82) is 0 Å². The Hall–Kier alpha value is -0.980. The molecule has 1 saturated carbocycles. The van der Waals surface area contributed by atoms with E-state index in [1.165, 1.54) is 19.1 Å². The van der Waals surface area contributed by atoms with Gasteiger partial charge >= 0.3 is 0 Å². The van der Waals surface area contributed by atoms with Crippen molar-refractivity contribution in [3.8, 4) is 0 Å². The van der Waals surface area contributed by atoms with Crippen LogP contribution in [-0.2, 0) is 16.6 Å². The molecule has 112 valence electrons. The molecule has 0 heterocycles. The van der Waals surface area contributed by atoms with Gasteiger partial charge in [0.05, 0.1) is 11.5 Å². The minimum absolute atomic E-state index is 0.00101. The monoisotopic (exact) mass is 301 g/mol. The first-order chi connectivity index (χ1) is 9.17. The first-order valence-electron chi connectivity index (χ1n) is 6.57. The third-order valence-electron chi connectivity index (χ3n) is 4.02. The molecule has 20 heavy (non-hydrogen) atoms. The van der Waals surface area contributed by atoms with E-state index < -0.39 is 22.4 Å². The molecule has 0 saturated heterocycles. The van der Waals surface area contributed by atoms with E-state index in [9.17, 15) is 12.8 Å². The van der Waals surface area contributed by atoms with Crippen molar-refractivity contribution in [2.75, 3.05) is 6.54 Å². The van der Waals surface area contributed by atoms with Gasteiger partial charge in [0, 0.05) is 12.1 Å². The highest BCUT2D eigenvalue weighted by atomic mass is 32.2. The van der Waals surface area contributed by atoms with E-state index in [0.29, 0.717) is 12.5 Å². The maximum Gasteiger partial charge on any atom is 0.240 e. The SMILES string of the molecule is Cc1cc(S(=O)(=O)NCC2CC2(C)C)cc(CO)c1F. The normalized spacial score (nSPS) is 20.9. The van der Waals surface area contributed by atoms with Crippen LogP contribution < -0.4 is 4.72 Å². The Bertz CT molecular complexity index is 626. The maximum atomic E-state index is 13.6. The van der Waals surface area contributed by atoms with Gasteiger partial charge in [-0.1, -0.05) is 13.8 Å².